The van der Waals surface area contributed by atoms with Gasteiger partial charge in [0.1, 0.15) is 0 Å². The Hall–Kier alpha value is 0. The van der Waals surface area contributed by atoms with E-state index in [0.29, 0.717) is 0 Å². The van der Waals surface area contributed by atoms with Gasteiger partial charge in [-0.1, -0.05) is 66.7 Å². The summed E-state index contributed by atoms with van der Waals surface area (Å²) < 4.78 is 0. The second kappa shape index (κ2) is 7.41. The van der Waals surface area contributed by atoms with Gasteiger partial charge in [-0.05, 0) is 17.8 Å². The van der Waals surface area contributed by atoms with Crippen LogP contribution in [-0.2, 0) is 0 Å². The SMILES string of the molecule is CCC(CC)[C@H](C)CCCC(C)C. The van der Waals surface area contributed by atoms with Crippen molar-refractivity contribution in [1.82, 2.24) is 0 Å². The van der Waals surface area contributed by atoms with Crippen LogP contribution >= 0.6 is 0 Å². The molecule has 0 aromatic carbocycles. The van der Waals surface area contributed by atoms with Gasteiger partial charge in [-0.2, -0.15) is 0 Å². The zero-order valence-corrected chi connectivity index (χ0v) is 10.3. The van der Waals surface area contributed by atoms with Gasteiger partial charge >= 0.3 is 0 Å². The van der Waals surface area contributed by atoms with Crippen molar-refractivity contribution >= 4 is 0 Å². The van der Waals surface area contributed by atoms with E-state index in [1.807, 2.05) is 0 Å². The highest BCUT2D eigenvalue weighted by Crippen LogP contribution is 2.24. The zero-order valence-electron chi connectivity index (χ0n) is 10.3. The van der Waals surface area contributed by atoms with E-state index < -0.39 is 0 Å². The average molecular weight is 184 g/mol. The van der Waals surface area contributed by atoms with Gasteiger partial charge in [0.2, 0.25) is 0 Å². The fourth-order valence-electron chi connectivity index (χ4n) is 2.18. The van der Waals surface area contributed by atoms with E-state index in [1.165, 1.54) is 32.1 Å². The van der Waals surface area contributed by atoms with Crippen LogP contribution in [0.2, 0.25) is 0 Å². The molecule has 0 heterocycles. The van der Waals surface area contributed by atoms with E-state index in [1.54, 1.807) is 0 Å². The lowest BCUT2D eigenvalue weighted by Crippen LogP contribution is -2.09. The maximum absolute atomic E-state index is 2.43. The summed E-state index contributed by atoms with van der Waals surface area (Å²) in [7, 11) is 0. The van der Waals surface area contributed by atoms with Gasteiger partial charge < -0.3 is 0 Å². The molecule has 13 heavy (non-hydrogen) atoms. The van der Waals surface area contributed by atoms with Crippen molar-refractivity contribution in [3.05, 3.63) is 0 Å². The fraction of sp³-hybridized carbons (Fsp3) is 1.00. The molecule has 0 unspecified atom stereocenters. The average Bonchev–Trinajstić information content (AvgIpc) is 2.05. The third-order valence-corrected chi connectivity index (χ3v) is 3.29. The molecule has 0 aliphatic rings. The van der Waals surface area contributed by atoms with E-state index in [4.69, 9.17) is 0 Å². The molecule has 0 saturated heterocycles. The molecule has 0 N–H and O–H groups in total. The van der Waals surface area contributed by atoms with Crippen molar-refractivity contribution in [2.45, 2.75) is 66.7 Å². The zero-order chi connectivity index (χ0) is 10.3. The molecule has 0 aliphatic heterocycles. The van der Waals surface area contributed by atoms with Crippen molar-refractivity contribution in [2.75, 3.05) is 0 Å². The Morgan fingerprint density at radius 1 is 0.846 bits per heavy atom. The minimum absolute atomic E-state index is 0.883. The molecule has 0 aromatic rings. The van der Waals surface area contributed by atoms with Crippen molar-refractivity contribution in [3.63, 3.8) is 0 Å². The Morgan fingerprint density at radius 3 is 1.77 bits per heavy atom. The van der Waals surface area contributed by atoms with Gasteiger partial charge in [0.05, 0.1) is 0 Å². The number of hydrogen-bond acceptors (Lipinski definition) is 0. The highest BCUT2D eigenvalue weighted by molar-refractivity contribution is 4.64. The van der Waals surface area contributed by atoms with Crippen LogP contribution in [0, 0.1) is 17.8 Å². The quantitative estimate of drug-likeness (QED) is 0.528. The summed E-state index contributed by atoms with van der Waals surface area (Å²) in [5.74, 6) is 2.79. The van der Waals surface area contributed by atoms with Gasteiger partial charge in [0.15, 0.2) is 0 Å². The minimum atomic E-state index is 0.883. The predicted octanol–water partition coefficient (Wildman–Crippen LogP) is 4.89. The van der Waals surface area contributed by atoms with E-state index in [0.717, 1.165) is 17.8 Å². The molecule has 0 radical (unpaired) electrons. The van der Waals surface area contributed by atoms with E-state index in [2.05, 4.69) is 34.6 Å². The van der Waals surface area contributed by atoms with Crippen LogP contribution in [0.1, 0.15) is 66.7 Å². The summed E-state index contributed by atoms with van der Waals surface area (Å²) in [6.45, 7) is 11.7. The van der Waals surface area contributed by atoms with Crippen molar-refractivity contribution in [2.24, 2.45) is 17.8 Å². The maximum atomic E-state index is 2.43. The van der Waals surface area contributed by atoms with Gasteiger partial charge in [0, 0.05) is 0 Å². The Labute approximate surface area is 85.1 Å². The molecule has 0 bridgehead atoms. The summed E-state index contributed by atoms with van der Waals surface area (Å²) in [4.78, 5) is 0. The second-order valence-corrected chi connectivity index (χ2v) is 4.88. The van der Waals surface area contributed by atoms with Gasteiger partial charge in [-0.3, -0.25) is 0 Å². The molecule has 0 aliphatic carbocycles. The Bertz CT molecular complexity index is 101. The topological polar surface area (TPSA) is 0 Å². The van der Waals surface area contributed by atoms with Crippen LogP contribution in [0.4, 0.5) is 0 Å². The monoisotopic (exact) mass is 184 g/mol. The molecule has 0 fully saturated rings. The lowest BCUT2D eigenvalue weighted by molar-refractivity contribution is 0.305. The van der Waals surface area contributed by atoms with Gasteiger partial charge in [-0.25, -0.2) is 0 Å². The third kappa shape index (κ3) is 6.12. The van der Waals surface area contributed by atoms with Gasteiger partial charge in [-0.15, -0.1) is 0 Å². The summed E-state index contributed by atoms with van der Waals surface area (Å²) in [5.41, 5.74) is 0. The second-order valence-electron chi connectivity index (χ2n) is 4.88. The Balaban J connectivity index is 3.53. The predicted molar refractivity (Wildman–Crippen MR) is 61.9 cm³/mol. The molecule has 0 saturated carbocycles. The van der Waals surface area contributed by atoms with Crippen LogP contribution in [-0.4, -0.2) is 0 Å². The van der Waals surface area contributed by atoms with Crippen molar-refractivity contribution < 1.29 is 0 Å². The van der Waals surface area contributed by atoms with Gasteiger partial charge in [0.25, 0.3) is 0 Å². The molecule has 0 spiro atoms. The first kappa shape index (κ1) is 13.0. The Morgan fingerprint density at radius 2 is 1.38 bits per heavy atom. The van der Waals surface area contributed by atoms with Crippen LogP contribution in [0.25, 0.3) is 0 Å². The Kier molecular flexibility index (Phi) is 7.41. The molecule has 1 atom stereocenters. The fourth-order valence-corrected chi connectivity index (χ4v) is 2.18. The summed E-state index contributed by atoms with van der Waals surface area (Å²) in [6.07, 6.45) is 6.99. The number of hydrogen-bond donors (Lipinski definition) is 0. The summed E-state index contributed by atoms with van der Waals surface area (Å²) in [6, 6.07) is 0. The first-order valence-corrected chi connectivity index (χ1v) is 6.11. The third-order valence-electron chi connectivity index (χ3n) is 3.29. The lowest BCUT2D eigenvalue weighted by Gasteiger charge is -2.21. The molecular formula is C13H28. The van der Waals surface area contributed by atoms with Crippen molar-refractivity contribution in [3.8, 4) is 0 Å². The van der Waals surface area contributed by atoms with Crippen molar-refractivity contribution in [1.29, 1.82) is 0 Å². The smallest absolute Gasteiger partial charge is 0.0394 e. The van der Waals surface area contributed by atoms with Crippen LogP contribution < -0.4 is 0 Å². The normalized spacial score (nSPS) is 14.1. The molecule has 0 nitrogen and oxygen atoms in total. The maximum Gasteiger partial charge on any atom is -0.0394 e. The highest BCUT2D eigenvalue weighted by atomic mass is 14.2. The molecule has 80 valence electrons. The van der Waals surface area contributed by atoms with Crippen LogP contribution in [0.15, 0.2) is 0 Å². The highest BCUT2D eigenvalue weighted by Gasteiger charge is 2.12. The molecule has 0 heteroatoms. The molecule has 0 rings (SSSR count). The molecular weight excluding hydrogens is 156 g/mol. The molecule has 0 amide bonds. The summed E-state index contributed by atoms with van der Waals surface area (Å²) >= 11 is 0. The lowest BCUT2D eigenvalue weighted by atomic mass is 9.85. The first-order chi connectivity index (χ1) is 6.11. The minimum Gasteiger partial charge on any atom is -0.0651 e. The van der Waals surface area contributed by atoms with Crippen LogP contribution in [0.5, 0.6) is 0 Å². The van der Waals surface area contributed by atoms with E-state index >= 15 is 0 Å². The first-order valence-electron chi connectivity index (χ1n) is 6.11. The largest absolute Gasteiger partial charge is 0.0651 e. The van der Waals surface area contributed by atoms with Crippen LogP contribution in [0.3, 0.4) is 0 Å². The number of rotatable bonds is 7. The van der Waals surface area contributed by atoms with E-state index in [-0.39, 0.29) is 0 Å². The standard InChI is InChI=1S/C13H28/c1-6-13(7-2)12(5)10-8-9-11(3)4/h11-13H,6-10H2,1-5H3/t12-/m1/s1. The molecule has 0 aromatic heterocycles. The summed E-state index contributed by atoms with van der Waals surface area (Å²) in [5, 5.41) is 0. The van der Waals surface area contributed by atoms with E-state index in [9.17, 15) is 0 Å².